The first-order valence-electron chi connectivity index (χ1n) is 6.92. The van der Waals surface area contributed by atoms with Crippen LogP contribution in [-0.2, 0) is 0 Å². The molecular formula is C15H21N3OS. The van der Waals surface area contributed by atoms with Crippen molar-refractivity contribution in [1.82, 2.24) is 10.1 Å². The van der Waals surface area contributed by atoms with E-state index in [-0.39, 0.29) is 6.04 Å². The van der Waals surface area contributed by atoms with Crippen LogP contribution in [-0.4, -0.2) is 15.9 Å². The van der Waals surface area contributed by atoms with E-state index >= 15 is 0 Å². The van der Waals surface area contributed by atoms with Crippen molar-refractivity contribution in [2.75, 3.05) is 5.75 Å². The van der Waals surface area contributed by atoms with Crippen molar-refractivity contribution >= 4 is 11.8 Å². The van der Waals surface area contributed by atoms with Crippen molar-refractivity contribution in [3.05, 3.63) is 30.2 Å². The zero-order valence-corrected chi connectivity index (χ0v) is 13.0. The van der Waals surface area contributed by atoms with Gasteiger partial charge < -0.3 is 10.3 Å². The molecule has 0 saturated heterocycles. The summed E-state index contributed by atoms with van der Waals surface area (Å²) in [7, 11) is 0. The van der Waals surface area contributed by atoms with Crippen LogP contribution in [0.4, 0.5) is 0 Å². The van der Waals surface area contributed by atoms with Crippen LogP contribution >= 0.6 is 11.8 Å². The summed E-state index contributed by atoms with van der Waals surface area (Å²) in [5, 5.41) is 4.02. The molecule has 0 aliphatic rings. The van der Waals surface area contributed by atoms with Crippen LogP contribution in [0.15, 0.2) is 33.7 Å². The van der Waals surface area contributed by atoms with Crippen LogP contribution in [0.25, 0.3) is 11.4 Å². The Morgan fingerprint density at radius 2 is 1.95 bits per heavy atom. The van der Waals surface area contributed by atoms with E-state index in [1.807, 2.05) is 23.9 Å². The van der Waals surface area contributed by atoms with Gasteiger partial charge in [0.05, 0.1) is 6.04 Å². The third kappa shape index (κ3) is 3.84. The highest BCUT2D eigenvalue weighted by molar-refractivity contribution is 7.99. The minimum atomic E-state index is -0.189. The summed E-state index contributed by atoms with van der Waals surface area (Å²) < 4.78 is 5.27. The van der Waals surface area contributed by atoms with Gasteiger partial charge in [0, 0.05) is 10.5 Å². The lowest BCUT2D eigenvalue weighted by Gasteiger charge is -2.08. The van der Waals surface area contributed by atoms with E-state index in [2.05, 4.69) is 43.0 Å². The van der Waals surface area contributed by atoms with Crippen LogP contribution in [0.5, 0.6) is 0 Å². The fraction of sp³-hybridized carbons (Fsp3) is 0.467. The van der Waals surface area contributed by atoms with E-state index in [0.717, 1.165) is 17.7 Å². The third-order valence-electron chi connectivity index (χ3n) is 2.91. The lowest BCUT2D eigenvalue weighted by molar-refractivity contribution is 0.335. The van der Waals surface area contributed by atoms with E-state index in [9.17, 15) is 0 Å². The molecule has 0 spiro atoms. The lowest BCUT2D eigenvalue weighted by atomic mass is 10.0. The van der Waals surface area contributed by atoms with Gasteiger partial charge in [-0.3, -0.25) is 0 Å². The fourth-order valence-corrected chi connectivity index (χ4v) is 2.64. The summed E-state index contributed by atoms with van der Waals surface area (Å²) in [4.78, 5) is 5.65. The molecule has 2 rings (SSSR count). The molecule has 1 aromatic heterocycles. The predicted molar refractivity (Wildman–Crippen MR) is 82.5 cm³/mol. The molecule has 20 heavy (non-hydrogen) atoms. The molecule has 0 radical (unpaired) electrons. The SMILES string of the molecule is CCSc1ccc(-c2noc([C@H](N)CC(C)C)n2)cc1. The van der Waals surface area contributed by atoms with Gasteiger partial charge in [0.15, 0.2) is 0 Å². The fourth-order valence-electron chi connectivity index (χ4n) is 1.98. The zero-order chi connectivity index (χ0) is 14.5. The van der Waals surface area contributed by atoms with E-state index in [4.69, 9.17) is 10.3 Å². The summed E-state index contributed by atoms with van der Waals surface area (Å²) in [5.74, 6) is 2.69. The Balaban J connectivity index is 2.11. The van der Waals surface area contributed by atoms with Gasteiger partial charge in [-0.25, -0.2) is 0 Å². The molecule has 4 nitrogen and oxygen atoms in total. The van der Waals surface area contributed by atoms with Gasteiger partial charge in [0.1, 0.15) is 0 Å². The Morgan fingerprint density at radius 1 is 1.25 bits per heavy atom. The Hall–Kier alpha value is -1.33. The van der Waals surface area contributed by atoms with Crippen molar-refractivity contribution in [1.29, 1.82) is 0 Å². The third-order valence-corrected chi connectivity index (χ3v) is 3.80. The smallest absolute Gasteiger partial charge is 0.243 e. The molecule has 0 unspecified atom stereocenters. The molecule has 0 aliphatic heterocycles. The van der Waals surface area contributed by atoms with Crippen LogP contribution in [0.1, 0.15) is 39.1 Å². The second-order valence-electron chi connectivity index (χ2n) is 5.15. The maximum absolute atomic E-state index is 6.05. The number of nitrogens with two attached hydrogens (primary N) is 1. The maximum Gasteiger partial charge on any atom is 0.243 e. The Kier molecular flexibility index (Phi) is 5.20. The quantitative estimate of drug-likeness (QED) is 0.818. The lowest BCUT2D eigenvalue weighted by Crippen LogP contribution is -2.13. The minimum absolute atomic E-state index is 0.189. The standard InChI is InChI=1S/C15H21N3OS/c1-4-20-12-7-5-11(6-8-12)14-17-15(19-18-14)13(16)9-10(2)3/h5-8,10,13H,4,9,16H2,1-3H3/t13-/m1/s1. The maximum atomic E-state index is 6.05. The summed E-state index contributed by atoms with van der Waals surface area (Å²) in [6.45, 7) is 6.39. The molecule has 0 amide bonds. The van der Waals surface area contributed by atoms with E-state index in [1.54, 1.807) is 0 Å². The first kappa shape index (κ1) is 15.1. The molecule has 0 saturated carbocycles. The molecule has 0 aliphatic carbocycles. The number of rotatable bonds is 6. The van der Waals surface area contributed by atoms with Crippen molar-refractivity contribution in [3.63, 3.8) is 0 Å². The zero-order valence-electron chi connectivity index (χ0n) is 12.2. The predicted octanol–water partition coefficient (Wildman–Crippen LogP) is 3.89. The second kappa shape index (κ2) is 6.90. The minimum Gasteiger partial charge on any atom is -0.337 e. The highest BCUT2D eigenvalue weighted by Gasteiger charge is 2.16. The average Bonchev–Trinajstić information content (AvgIpc) is 2.89. The van der Waals surface area contributed by atoms with Crippen molar-refractivity contribution in [3.8, 4) is 11.4 Å². The van der Waals surface area contributed by atoms with Crippen molar-refractivity contribution in [2.24, 2.45) is 11.7 Å². The molecule has 2 aromatic rings. The summed E-state index contributed by atoms with van der Waals surface area (Å²) in [5.41, 5.74) is 7.01. The van der Waals surface area contributed by atoms with Gasteiger partial charge in [-0.2, -0.15) is 4.98 Å². The average molecular weight is 291 g/mol. The molecule has 0 fully saturated rings. The van der Waals surface area contributed by atoms with Crippen molar-refractivity contribution < 1.29 is 4.52 Å². The molecular weight excluding hydrogens is 270 g/mol. The molecule has 108 valence electrons. The van der Waals surface area contributed by atoms with E-state index < -0.39 is 0 Å². The Morgan fingerprint density at radius 3 is 2.55 bits per heavy atom. The van der Waals surface area contributed by atoms with Crippen LogP contribution in [0.2, 0.25) is 0 Å². The van der Waals surface area contributed by atoms with Crippen LogP contribution in [0.3, 0.4) is 0 Å². The number of hydrogen-bond donors (Lipinski definition) is 1. The molecule has 1 heterocycles. The van der Waals surface area contributed by atoms with Gasteiger partial charge in [0.25, 0.3) is 0 Å². The largest absolute Gasteiger partial charge is 0.337 e. The van der Waals surface area contributed by atoms with Gasteiger partial charge in [-0.1, -0.05) is 25.9 Å². The second-order valence-corrected chi connectivity index (χ2v) is 6.49. The topological polar surface area (TPSA) is 64.9 Å². The van der Waals surface area contributed by atoms with Crippen molar-refractivity contribution in [2.45, 2.75) is 38.1 Å². The molecule has 1 aromatic carbocycles. The monoisotopic (exact) mass is 291 g/mol. The van der Waals surface area contributed by atoms with Gasteiger partial charge in [0.2, 0.25) is 11.7 Å². The molecule has 1 atom stereocenters. The van der Waals surface area contributed by atoms with Crippen LogP contribution < -0.4 is 5.73 Å². The summed E-state index contributed by atoms with van der Waals surface area (Å²) in [6.07, 6.45) is 0.841. The Labute approximate surface area is 124 Å². The normalized spacial score (nSPS) is 12.8. The van der Waals surface area contributed by atoms with E-state index in [0.29, 0.717) is 17.6 Å². The highest BCUT2D eigenvalue weighted by Crippen LogP contribution is 2.24. The highest BCUT2D eigenvalue weighted by atomic mass is 32.2. The number of benzene rings is 1. The summed E-state index contributed by atoms with van der Waals surface area (Å²) >= 11 is 1.81. The first-order valence-corrected chi connectivity index (χ1v) is 7.91. The number of nitrogens with zero attached hydrogens (tertiary/aromatic N) is 2. The number of aromatic nitrogens is 2. The van der Waals surface area contributed by atoms with E-state index in [1.165, 1.54) is 4.90 Å². The first-order chi connectivity index (χ1) is 9.60. The molecule has 2 N–H and O–H groups in total. The van der Waals surface area contributed by atoms with Gasteiger partial charge in [-0.05, 0) is 42.4 Å². The van der Waals surface area contributed by atoms with Gasteiger partial charge in [-0.15, -0.1) is 11.8 Å². The van der Waals surface area contributed by atoms with Crippen LogP contribution in [0, 0.1) is 5.92 Å². The number of thioether (sulfide) groups is 1. The summed E-state index contributed by atoms with van der Waals surface area (Å²) in [6, 6.07) is 7.99. The van der Waals surface area contributed by atoms with Gasteiger partial charge >= 0.3 is 0 Å². The molecule has 5 heteroatoms. The number of hydrogen-bond acceptors (Lipinski definition) is 5. The Bertz CT molecular complexity index is 536. The molecule has 0 bridgehead atoms.